The molecule has 5 nitrogen and oxygen atoms in total. The molecule has 1 N–H and O–H groups in total. The van der Waals surface area contributed by atoms with Crippen LogP contribution in [0.25, 0.3) is 0 Å². The molecule has 1 aliphatic heterocycles. The fraction of sp³-hybridized carbons (Fsp3) is 0.867. The van der Waals surface area contributed by atoms with E-state index in [0.29, 0.717) is 12.5 Å². The van der Waals surface area contributed by atoms with Gasteiger partial charge >= 0.3 is 0 Å². The third-order valence-corrected chi connectivity index (χ3v) is 4.88. The third kappa shape index (κ3) is 3.04. The number of hydrogen-bond donors (Lipinski definition) is 1. The number of likely N-dealkylation sites (tertiary alicyclic amines) is 1. The quantitative estimate of drug-likeness (QED) is 0.895. The third-order valence-electron chi connectivity index (χ3n) is 4.88. The van der Waals surface area contributed by atoms with Gasteiger partial charge in [0.15, 0.2) is 0 Å². The Bertz CT molecular complexity index is 427. The SMILES string of the molecule is CCC1(CO)CCN(Cc2nnc(C(C)C)n2C)CC1. The number of aliphatic hydroxyl groups excluding tert-OH is 1. The average molecular weight is 280 g/mol. The zero-order valence-electron chi connectivity index (χ0n) is 13.3. The molecule has 20 heavy (non-hydrogen) atoms. The van der Waals surface area contributed by atoms with Crippen LogP contribution < -0.4 is 0 Å². The van der Waals surface area contributed by atoms with E-state index in [1.165, 1.54) is 0 Å². The predicted octanol–water partition coefficient (Wildman–Crippen LogP) is 1.92. The summed E-state index contributed by atoms with van der Waals surface area (Å²) in [4.78, 5) is 2.43. The molecule has 0 atom stereocenters. The molecule has 0 aliphatic carbocycles. The first kappa shape index (κ1) is 15.4. The van der Waals surface area contributed by atoms with Gasteiger partial charge in [0.2, 0.25) is 0 Å². The van der Waals surface area contributed by atoms with Gasteiger partial charge in [0, 0.05) is 19.6 Å². The molecule has 1 aromatic heterocycles. The van der Waals surface area contributed by atoms with E-state index in [-0.39, 0.29) is 5.41 Å². The fourth-order valence-corrected chi connectivity index (χ4v) is 3.02. The highest BCUT2D eigenvalue weighted by Gasteiger charge is 2.32. The zero-order chi connectivity index (χ0) is 14.8. The molecule has 0 radical (unpaired) electrons. The monoisotopic (exact) mass is 280 g/mol. The molecule has 114 valence electrons. The van der Waals surface area contributed by atoms with Crippen LogP contribution in [-0.4, -0.2) is 44.5 Å². The van der Waals surface area contributed by atoms with Crippen LogP contribution in [0, 0.1) is 5.41 Å². The number of nitrogens with zero attached hydrogens (tertiary/aromatic N) is 4. The molecule has 1 fully saturated rings. The molecule has 0 saturated carbocycles. The van der Waals surface area contributed by atoms with Crippen molar-refractivity contribution in [3.05, 3.63) is 11.6 Å². The Balaban J connectivity index is 1.96. The smallest absolute Gasteiger partial charge is 0.146 e. The Morgan fingerprint density at radius 2 is 1.90 bits per heavy atom. The maximum absolute atomic E-state index is 9.58. The molecule has 1 aromatic rings. The molecule has 0 spiro atoms. The van der Waals surface area contributed by atoms with Crippen molar-refractivity contribution in [3.8, 4) is 0 Å². The van der Waals surface area contributed by atoms with Crippen molar-refractivity contribution in [2.45, 2.75) is 52.5 Å². The lowest BCUT2D eigenvalue weighted by Gasteiger charge is -2.40. The lowest BCUT2D eigenvalue weighted by molar-refractivity contribution is 0.0370. The standard InChI is InChI=1S/C15H28N4O/c1-5-15(11-20)6-8-19(9-7-15)10-13-16-17-14(12(2)3)18(13)4/h12,20H,5-11H2,1-4H3. The normalized spacial score (nSPS) is 19.7. The Kier molecular flexibility index (Phi) is 4.81. The lowest BCUT2D eigenvalue weighted by atomic mass is 9.77. The van der Waals surface area contributed by atoms with Crippen LogP contribution in [0.1, 0.15) is 57.6 Å². The second-order valence-electron chi connectivity index (χ2n) is 6.48. The summed E-state index contributed by atoms with van der Waals surface area (Å²) in [6.07, 6.45) is 3.22. The van der Waals surface area contributed by atoms with Crippen LogP contribution in [0.2, 0.25) is 0 Å². The van der Waals surface area contributed by atoms with Crippen LogP contribution in [-0.2, 0) is 13.6 Å². The second-order valence-corrected chi connectivity index (χ2v) is 6.48. The maximum atomic E-state index is 9.58. The summed E-state index contributed by atoms with van der Waals surface area (Å²) < 4.78 is 2.12. The highest BCUT2D eigenvalue weighted by molar-refractivity contribution is 4.99. The topological polar surface area (TPSA) is 54.2 Å². The number of aliphatic hydroxyl groups is 1. The molecular formula is C15H28N4O. The van der Waals surface area contributed by atoms with Crippen molar-refractivity contribution in [2.24, 2.45) is 12.5 Å². The van der Waals surface area contributed by atoms with Gasteiger partial charge in [0.05, 0.1) is 6.54 Å². The van der Waals surface area contributed by atoms with Gasteiger partial charge in [0.1, 0.15) is 11.6 Å². The first-order chi connectivity index (χ1) is 9.51. The van der Waals surface area contributed by atoms with Gasteiger partial charge in [0.25, 0.3) is 0 Å². The van der Waals surface area contributed by atoms with Crippen LogP contribution in [0.5, 0.6) is 0 Å². The van der Waals surface area contributed by atoms with Crippen LogP contribution in [0.15, 0.2) is 0 Å². The summed E-state index contributed by atoms with van der Waals surface area (Å²) in [5, 5.41) is 18.2. The van der Waals surface area contributed by atoms with E-state index in [2.05, 4.69) is 47.5 Å². The molecule has 1 saturated heterocycles. The van der Waals surface area contributed by atoms with Gasteiger partial charge in [-0.05, 0) is 37.8 Å². The van der Waals surface area contributed by atoms with Crippen molar-refractivity contribution in [2.75, 3.05) is 19.7 Å². The molecule has 2 rings (SSSR count). The summed E-state index contributed by atoms with van der Waals surface area (Å²) in [6, 6.07) is 0. The minimum Gasteiger partial charge on any atom is -0.396 e. The zero-order valence-corrected chi connectivity index (χ0v) is 13.3. The molecule has 0 bridgehead atoms. The Hall–Kier alpha value is -0.940. The largest absolute Gasteiger partial charge is 0.396 e. The average Bonchev–Trinajstić information content (AvgIpc) is 2.81. The molecule has 0 aromatic carbocycles. The van der Waals surface area contributed by atoms with Gasteiger partial charge in [-0.2, -0.15) is 0 Å². The first-order valence-corrected chi connectivity index (χ1v) is 7.72. The minimum atomic E-state index is 0.152. The summed E-state index contributed by atoms with van der Waals surface area (Å²) in [5.41, 5.74) is 0.152. The minimum absolute atomic E-state index is 0.152. The van der Waals surface area contributed by atoms with Crippen molar-refractivity contribution >= 4 is 0 Å². The highest BCUT2D eigenvalue weighted by atomic mass is 16.3. The molecule has 0 amide bonds. The summed E-state index contributed by atoms with van der Waals surface area (Å²) in [6.45, 7) is 9.73. The summed E-state index contributed by atoms with van der Waals surface area (Å²) >= 11 is 0. The van der Waals surface area contributed by atoms with Gasteiger partial charge in [-0.3, -0.25) is 4.90 Å². The summed E-state index contributed by atoms with van der Waals surface area (Å²) in [7, 11) is 2.05. The fourth-order valence-electron chi connectivity index (χ4n) is 3.02. The van der Waals surface area contributed by atoms with E-state index < -0.39 is 0 Å². The van der Waals surface area contributed by atoms with Gasteiger partial charge in [-0.15, -0.1) is 10.2 Å². The second kappa shape index (κ2) is 6.22. The van der Waals surface area contributed by atoms with Crippen molar-refractivity contribution in [3.63, 3.8) is 0 Å². The summed E-state index contributed by atoms with van der Waals surface area (Å²) in [5.74, 6) is 2.50. The van der Waals surface area contributed by atoms with Crippen LogP contribution >= 0.6 is 0 Å². The number of rotatable bonds is 5. The van der Waals surface area contributed by atoms with Gasteiger partial charge in [-0.25, -0.2) is 0 Å². The van der Waals surface area contributed by atoms with Gasteiger partial charge in [-0.1, -0.05) is 20.8 Å². The van der Waals surface area contributed by atoms with E-state index in [9.17, 15) is 5.11 Å². The first-order valence-electron chi connectivity index (χ1n) is 7.72. The molecule has 5 heteroatoms. The Morgan fingerprint density at radius 3 is 2.35 bits per heavy atom. The maximum Gasteiger partial charge on any atom is 0.146 e. The van der Waals surface area contributed by atoms with Crippen molar-refractivity contribution < 1.29 is 5.11 Å². The Morgan fingerprint density at radius 1 is 1.25 bits per heavy atom. The van der Waals surface area contributed by atoms with E-state index in [1.807, 2.05) is 0 Å². The molecule has 2 heterocycles. The Labute approximate surface area is 122 Å². The predicted molar refractivity (Wildman–Crippen MR) is 79.4 cm³/mol. The molecule has 0 unspecified atom stereocenters. The lowest BCUT2D eigenvalue weighted by Crippen LogP contribution is -2.41. The van der Waals surface area contributed by atoms with Crippen LogP contribution in [0.4, 0.5) is 0 Å². The number of hydrogen-bond acceptors (Lipinski definition) is 4. The molecule has 1 aliphatic rings. The van der Waals surface area contributed by atoms with Crippen molar-refractivity contribution in [1.82, 2.24) is 19.7 Å². The van der Waals surface area contributed by atoms with E-state index >= 15 is 0 Å². The molecular weight excluding hydrogens is 252 g/mol. The van der Waals surface area contributed by atoms with Crippen molar-refractivity contribution in [1.29, 1.82) is 0 Å². The van der Waals surface area contributed by atoms with Crippen LogP contribution in [0.3, 0.4) is 0 Å². The van der Waals surface area contributed by atoms with E-state index in [4.69, 9.17) is 0 Å². The highest BCUT2D eigenvalue weighted by Crippen LogP contribution is 2.34. The number of aromatic nitrogens is 3. The van der Waals surface area contributed by atoms with E-state index in [0.717, 1.165) is 50.5 Å². The van der Waals surface area contributed by atoms with E-state index in [1.54, 1.807) is 0 Å². The van der Waals surface area contributed by atoms with Gasteiger partial charge < -0.3 is 9.67 Å². The number of piperidine rings is 1.